The molecule has 0 saturated carbocycles. The summed E-state index contributed by atoms with van der Waals surface area (Å²) in [4.78, 5) is 14.0. The van der Waals surface area contributed by atoms with Crippen LogP contribution < -0.4 is 20.7 Å². The number of halogens is 6. The lowest BCUT2D eigenvalue weighted by Gasteiger charge is -2.29. The number of sulfonamides is 1. The van der Waals surface area contributed by atoms with Crippen LogP contribution in [0.25, 0.3) is 5.57 Å². The standard InChI is InChI=1S/C43H47F6N5O7S3/c44-42(45,46)33-10-6-30(7-11-33)38-17-23-61-28-32(38)27-50-18-19-51-34-12-8-31(9-13-34)41(55)53-64(58,59)37-14-15-39(40(26-37)63(56,57)43(47,48)49)52-35(16-20-54-21-24-60-25-22-54)29-62-36-4-2-1-3-5-36/h1-15,26,35,50-52H,16-25,27-29H2,(H,53,55)/t35-/m1/s1. The topological polar surface area (TPSA) is 155 Å². The molecule has 1 atom stereocenters. The van der Waals surface area contributed by atoms with E-state index in [1.165, 1.54) is 48.2 Å². The van der Waals surface area contributed by atoms with Gasteiger partial charge in [0.25, 0.3) is 25.8 Å². The van der Waals surface area contributed by atoms with Gasteiger partial charge < -0.3 is 25.4 Å². The van der Waals surface area contributed by atoms with Crippen LogP contribution in [0.3, 0.4) is 0 Å². The number of thioether (sulfide) groups is 1. The fourth-order valence-corrected chi connectivity index (χ4v) is 9.96. The molecule has 2 aliphatic heterocycles. The van der Waals surface area contributed by atoms with Crippen LogP contribution in [0, 0.1) is 0 Å². The van der Waals surface area contributed by atoms with Crippen molar-refractivity contribution >= 4 is 54.5 Å². The van der Waals surface area contributed by atoms with E-state index in [0.29, 0.717) is 102 Å². The van der Waals surface area contributed by atoms with Crippen molar-refractivity contribution in [3.05, 3.63) is 119 Å². The fraction of sp³-hybridized carbons (Fsp3) is 0.372. The minimum Gasteiger partial charge on any atom is -0.384 e. The molecule has 0 bridgehead atoms. The number of hydrogen-bond acceptors (Lipinski definition) is 12. The average molecular weight is 956 g/mol. The summed E-state index contributed by atoms with van der Waals surface area (Å²) >= 11 is 1.42. The van der Waals surface area contributed by atoms with Crippen molar-refractivity contribution < 1.29 is 57.4 Å². The van der Waals surface area contributed by atoms with Crippen molar-refractivity contribution in [2.45, 2.75) is 45.3 Å². The van der Waals surface area contributed by atoms with Gasteiger partial charge in [0.05, 0.1) is 42.6 Å². The molecule has 2 aliphatic rings. The molecule has 12 nitrogen and oxygen atoms in total. The smallest absolute Gasteiger partial charge is 0.384 e. The monoisotopic (exact) mass is 955 g/mol. The maximum absolute atomic E-state index is 14.1. The Morgan fingerprint density at radius 3 is 2.19 bits per heavy atom. The number of rotatable bonds is 19. The highest BCUT2D eigenvalue weighted by atomic mass is 32.2. The first kappa shape index (κ1) is 48.8. The van der Waals surface area contributed by atoms with Crippen molar-refractivity contribution in [2.75, 3.05) is 82.1 Å². The largest absolute Gasteiger partial charge is 0.501 e. The van der Waals surface area contributed by atoms with Crippen LogP contribution in [0.2, 0.25) is 0 Å². The second-order valence-electron chi connectivity index (χ2n) is 14.9. The number of alkyl halides is 6. The lowest BCUT2D eigenvalue weighted by atomic mass is 9.95. The maximum Gasteiger partial charge on any atom is 0.501 e. The molecule has 4 aromatic carbocycles. The molecular formula is C43H47F6N5O7S3. The minimum absolute atomic E-state index is 0.104. The van der Waals surface area contributed by atoms with Crippen molar-refractivity contribution in [3.63, 3.8) is 0 Å². The first-order valence-corrected chi connectivity index (χ1v) is 24.1. The number of carbonyl (C=O) groups is 1. The van der Waals surface area contributed by atoms with Crippen LogP contribution in [-0.4, -0.2) is 111 Å². The summed E-state index contributed by atoms with van der Waals surface area (Å²) in [5.74, 6) is -0.767. The zero-order valence-electron chi connectivity index (χ0n) is 34.3. The predicted octanol–water partition coefficient (Wildman–Crippen LogP) is 7.29. The number of benzene rings is 4. The van der Waals surface area contributed by atoms with E-state index in [-0.39, 0.29) is 5.56 Å². The second kappa shape index (κ2) is 21.6. The zero-order chi connectivity index (χ0) is 46.0. The number of carbonyl (C=O) groups excluding carboxylic acids is 1. The van der Waals surface area contributed by atoms with Crippen LogP contribution in [0.4, 0.5) is 37.7 Å². The Labute approximate surface area is 372 Å². The zero-order valence-corrected chi connectivity index (χ0v) is 36.8. The molecule has 0 radical (unpaired) electrons. The third kappa shape index (κ3) is 13.2. The number of nitrogens with one attached hydrogen (secondary N) is 4. The van der Waals surface area contributed by atoms with E-state index in [2.05, 4.69) is 20.9 Å². The minimum atomic E-state index is -6.08. The van der Waals surface area contributed by atoms with Gasteiger partial charge in [-0.25, -0.2) is 21.6 Å². The number of sulfone groups is 1. The van der Waals surface area contributed by atoms with Crippen molar-refractivity contribution in [1.29, 1.82) is 0 Å². The number of amides is 1. The Hall–Kier alpha value is -4.64. The summed E-state index contributed by atoms with van der Waals surface area (Å²) in [6.45, 7) is 4.99. The van der Waals surface area contributed by atoms with E-state index in [1.807, 2.05) is 35.1 Å². The fourth-order valence-electron chi connectivity index (χ4n) is 6.94. The molecule has 1 amide bonds. The average Bonchev–Trinajstić information content (AvgIpc) is 3.27. The van der Waals surface area contributed by atoms with Crippen LogP contribution >= 0.6 is 11.8 Å². The van der Waals surface area contributed by atoms with Gasteiger partial charge in [0.1, 0.15) is 4.90 Å². The number of hydrogen-bond donors (Lipinski definition) is 4. The van der Waals surface area contributed by atoms with Gasteiger partial charge in [-0.1, -0.05) is 30.3 Å². The molecule has 64 heavy (non-hydrogen) atoms. The van der Waals surface area contributed by atoms with Gasteiger partial charge in [-0.15, -0.1) is 11.8 Å². The molecule has 1 saturated heterocycles. The molecule has 4 N–H and O–H groups in total. The maximum atomic E-state index is 14.1. The molecular weight excluding hydrogens is 909 g/mol. The first-order chi connectivity index (χ1) is 30.4. The predicted molar refractivity (Wildman–Crippen MR) is 232 cm³/mol. The molecule has 0 unspecified atom stereocenters. The van der Waals surface area contributed by atoms with E-state index < -0.39 is 64.5 Å². The van der Waals surface area contributed by atoms with E-state index in [0.717, 1.165) is 40.3 Å². The van der Waals surface area contributed by atoms with E-state index >= 15 is 0 Å². The van der Waals surface area contributed by atoms with Crippen molar-refractivity contribution in [1.82, 2.24) is 14.9 Å². The molecule has 1 fully saturated rings. The molecule has 346 valence electrons. The lowest BCUT2D eigenvalue weighted by molar-refractivity contribution is -0.137. The summed E-state index contributed by atoms with van der Waals surface area (Å²) in [6, 6.07) is 21.7. The van der Waals surface area contributed by atoms with Gasteiger partial charge in [-0.2, -0.15) is 26.3 Å². The number of nitrogens with zero attached hydrogens (tertiary/aromatic N) is 1. The van der Waals surface area contributed by atoms with E-state index in [9.17, 15) is 48.0 Å². The normalized spacial score (nSPS) is 16.0. The summed E-state index contributed by atoms with van der Waals surface area (Å²) in [7, 11) is -11.0. The van der Waals surface area contributed by atoms with E-state index in [4.69, 9.17) is 9.47 Å². The third-order valence-electron chi connectivity index (χ3n) is 10.4. The van der Waals surface area contributed by atoms with Gasteiger partial charge in [0.2, 0.25) is 0 Å². The molecule has 0 aromatic heterocycles. The van der Waals surface area contributed by atoms with Gasteiger partial charge in [-0.05, 0) is 96.3 Å². The van der Waals surface area contributed by atoms with Crippen molar-refractivity contribution in [2.24, 2.45) is 0 Å². The summed E-state index contributed by atoms with van der Waals surface area (Å²) in [5, 5.41) is 9.37. The summed E-state index contributed by atoms with van der Waals surface area (Å²) in [6.07, 6.45) is -3.46. The Morgan fingerprint density at radius 1 is 0.812 bits per heavy atom. The molecule has 21 heteroatoms. The molecule has 4 aromatic rings. The highest BCUT2D eigenvalue weighted by Gasteiger charge is 2.48. The Balaban J connectivity index is 1.08. The highest BCUT2D eigenvalue weighted by Crippen LogP contribution is 2.37. The van der Waals surface area contributed by atoms with Gasteiger partial charge in [0.15, 0.2) is 0 Å². The van der Waals surface area contributed by atoms with E-state index in [1.54, 1.807) is 0 Å². The summed E-state index contributed by atoms with van der Waals surface area (Å²) < 4.78 is 147. The third-order valence-corrected chi connectivity index (χ3v) is 14.4. The van der Waals surface area contributed by atoms with Crippen LogP contribution in [-0.2, 0) is 35.5 Å². The Morgan fingerprint density at radius 2 is 1.52 bits per heavy atom. The Bertz CT molecular complexity index is 2450. The van der Waals surface area contributed by atoms with Crippen molar-refractivity contribution in [3.8, 4) is 0 Å². The molecule has 2 heterocycles. The van der Waals surface area contributed by atoms with Gasteiger partial charge in [-0.3, -0.25) is 9.69 Å². The number of morpholine rings is 1. The first-order valence-electron chi connectivity index (χ1n) is 20.2. The van der Waals surface area contributed by atoms with Gasteiger partial charge in [0, 0.05) is 67.2 Å². The molecule has 0 aliphatic carbocycles. The quantitative estimate of drug-likeness (QED) is 0.0424. The van der Waals surface area contributed by atoms with Crippen LogP contribution in [0.15, 0.2) is 117 Å². The number of ether oxygens (including phenoxy) is 2. The SMILES string of the molecule is O=C(NS(=O)(=O)c1ccc(N[C@H](CCN2CCOCC2)CSc2ccccc2)c(S(=O)(=O)C(F)(F)F)c1)c1ccc(NCCNCC2=C(c3ccc(C(F)(F)F)cc3)CCOC2)cc1. The lowest BCUT2D eigenvalue weighted by Crippen LogP contribution is -2.39. The van der Waals surface area contributed by atoms with Crippen LogP contribution in [0.5, 0.6) is 0 Å². The molecule has 6 rings (SSSR count). The summed E-state index contributed by atoms with van der Waals surface area (Å²) in [5.41, 5.74) is -3.93. The second-order valence-corrected chi connectivity index (χ2v) is 19.6. The Kier molecular flexibility index (Phi) is 16.4. The highest BCUT2D eigenvalue weighted by molar-refractivity contribution is 7.99. The number of anilines is 2. The van der Waals surface area contributed by atoms with Crippen LogP contribution in [0.1, 0.15) is 34.3 Å². The molecule has 0 spiro atoms. The van der Waals surface area contributed by atoms with Gasteiger partial charge >= 0.3 is 11.7 Å².